The lowest BCUT2D eigenvalue weighted by Gasteiger charge is -2.18. The van der Waals surface area contributed by atoms with E-state index in [1.165, 1.54) is 5.56 Å². The van der Waals surface area contributed by atoms with E-state index in [4.69, 9.17) is 4.74 Å². The number of aromatic nitrogens is 2. The van der Waals surface area contributed by atoms with Crippen LogP contribution in [0.15, 0.2) is 78.6 Å². The molecule has 0 aliphatic heterocycles. The highest BCUT2D eigenvalue weighted by atomic mass is 32.1. The second-order valence-corrected chi connectivity index (χ2v) is 8.02. The number of hydrogen-bond donors (Lipinski definition) is 1. The molecular weight excluding hydrogens is 394 g/mol. The van der Waals surface area contributed by atoms with Gasteiger partial charge in [0.05, 0.1) is 30.9 Å². The third-order valence-corrected chi connectivity index (χ3v) is 5.89. The predicted octanol–water partition coefficient (Wildman–Crippen LogP) is 4.96. The van der Waals surface area contributed by atoms with Crippen LogP contribution in [0.2, 0.25) is 0 Å². The topological polar surface area (TPSA) is 56.1 Å². The quantitative estimate of drug-likeness (QED) is 0.462. The summed E-state index contributed by atoms with van der Waals surface area (Å²) < 4.78 is 7.43. The molecule has 1 N–H and O–H groups in total. The van der Waals surface area contributed by atoms with Gasteiger partial charge in [-0.15, -0.1) is 11.3 Å². The molecule has 1 atom stereocenters. The molecule has 0 saturated carbocycles. The Morgan fingerprint density at radius 2 is 2.00 bits per heavy atom. The van der Waals surface area contributed by atoms with Gasteiger partial charge in [-0.25, -0.2) is 4.98 Å². The minimum Gasteiger partial charge on any atom is -0.495 e. The van der Waals surface area contributed by atoms with Crippen LogP contribution in [0, 0.1) is 6.92 Å². The molecule has 1 unspecified atom stereocenters. The summed E-state index contributed by atoms with van der Waals surface area (Å²) >= 11 is 1.65. The van der Waals surface area contributed by atoms with E-state index in [2.05, 4.69) is 28.5 Å². The summed E-state index contributed by atoms with van der Waals surface area (Å²) in [5.41, 5.74) is 3.49. The van der Waals surface area contributed by atoms with Crippen LogP contribution in [0.4, 0.5) is 0 Å². The number of rotatable bonds is 7. The van der Waals surface area contributed by atoms with Crippen LogP contribution in [-0.4, -0.2) is 22.6 Å². The van der Waals surface area contributed by atoms with Crippen LogP contribution in [-0.2, 0) is 6.42 Å². The van der Waals surface area contributed by atoms with E-state index in [0.29, 0.717) is 11.3 Å². The fourth-order valence-electron chi connectivity index (χ4n) is 3.39. The van der Waals surface area contributed by atoms with Gasteiger partial charge in [0.1, 0.15) is 5.75 Å². The number of amides is 1. The van der Waals surface area contributed by atoms with Crippen molar-refractivity contribution < 1.29 is 9.53 Å². The molecule has 4 rings (SSSR count). The maximum Gasteiger partial charge on any atom is 0.251 e. The Morgan fingerprint density at radius 3 is 2.67 bits per heavy atom. The molecule has 30 heavy (non-hydrogen) atoms. The Hall–Kier alpha value is -3.38. The third kappa shape index (κ3) is 4.44. The summed E-state index contributed by atoms with van der Waals surface area (Å²) in [5, 5.41) is 5.23. The third-order valence-electron chi connectivity index (χ3n) is 4.91. The first-order chi connectivity index (χ1) is 14.6. The van der Waals surface area contributed by atoms with Crippen molar-refractivity contribution in [3.8, 4) is 11.4 Å². The van der Waals surface area contributed by atoms with Gasteiger partial charge in [0.2, 0.25) is 0 Å². The lowest BCUT2D eigenvalue weighted by atomic mass is 10.0. The monoisotopic (exact) mass is 417 g/mol. The highest BCUT2D eigenvalue weighted by Gasteiger charge is 2.19. The molecule has 0 spiro atoms. The number of carbonyl (C=O) groups is 1. The van der Waals surface area contributed by atoms with Gasteiger partial charge in [0, 0.05) is 16.6 Å². The summed E-state index contributed by atoms with van der Waals surface area (Å²) in [5.74, 6) is 0.492. The van der Waals surface area contributed by atoms with Gasteiger partial charge in [0.15, 0.2) is 0 Å². The molecule has 2 aromatic heterocycles. The van der Waals surface area contributed by atoms with Gasteiger partial charge in [-0.05, 0) is 48.6 Å². The van der Waals surface area contributed by atoms with Crippen molar-refractivity contribution in [3.63, 3.8) is 0 Å². The number of nitrogens with zero attached hydrogens (tertiary/aromatic N) is 2. The van der Waals surface area contributed by atoms with E-state index in [-0.39, 0.29) is 11.9 Å². The highest BCUT2D eigenvalue weighted by Crippen LogP contribution is 2.27. The standard InChI is InChI=1S/C24H23N3O2S/c1-17-15-27(16-25-17)21-11-10-19(14-22(21)29-2)24(28)26-20(23-9-6-12-30-23)13-18-7-4-3-5-8-18/h3-12,14-16,20H,13H2,1-2H3,(H,26,28). The Kier molecular flexibility index (Phi) is 5.95. The van der Waals surface area contributed by atoms with E-state index in [1.54, 1.807) is 30.8 Å². The highest BCUT2D eigenvalue weighted by molar-refractivity contribution is 7.10. The molecule has 0 fully saturated rings. The Morgan fingerprint density at radius 1 is 1.17 bits per heavy atom. The SMILES string of the molecule is COc1cc(C(=O)NC(Cc2ccccc2)c2cccs2)ccc1-n1cnc(C)c1. The number of benzene rings is 2. The molecule has 0 saturated heterocycles. The number of aryl methyl sites for hydroxylation is 1. The van der Waals surface area contributed by atoms with Crippen LogP contribution in [0.1, 0.15) is 32.5 Å². The van der Waals surface area contributed by atoms with E-state index in [9.17, 15) is 4.79 Å². The molecule has 5 nitrogen and oxygen atoms in total. The van der Waals surface area contributed by atoms with Crippen LogP contribution in [0.3, 0.4) is 0 Å². The van der Waals surface area contributed by atoms with Crippen molar-refractivity contribution in [2.75, 3.05) is 7.11 Å². The molecule has 1 amide bonds. The van der Waals surface area contributed by atoms with E-state index < -0.39 is 0 Å². The van der Waals surface area contributed by atoms with Crippen molar-refractivity contribution in [3.05, 3.63) is 100 Å². The predicted molar refractivity (Wildman–Crippen MR) is 120 cm³/mol. The first kappa shape index (κ1) is 19.9. The molecule has 0 aliphatic carbocycles. The van der Waals surface area contributed by atoms with Crippen LogP contribution in [0.5, 0.6) is 5.75 Å². The lowest BCUT2D eigenvalue weighted by Crippen LogP contribution is -2.29. The molecule has 4 aromatic rings. The molecule has 0 radical (unpaired) electrons. The van der Waals surface area contributed by atoms with Crippen molar-refractivity contribution >= 4 is 17.2 Å². The molecule has 6 heteroatoms. The largest absolute Gasteiger partial charge is 0.495 e. The van der Waals surface area contributed by atoms with Gasteiger partial charge in [-0.1, -0.05) is 36.4 Å². The van der Waals surface area contributed by atoms with E-state index in [0.717, 1.165) is 22.7 Å². The lowest BCUT2D eigenvalue weighted by molar-refractivity contribution is 0.0937. The number of ether oxygens (including phenoxy) is 1. The Balaban J connectivity index is 1.58. The Bertz CT molecular complexity index is 1120. The summed E-state index contributed by atoms with van der Waals surface area (Å²) in [6, 6.07) is 19.6. The molecule has 2 aromatic carbocycles. The first-order valence-corrected chi connectivity index (χ1v) is 10.6. The maximum absolute atomic E-state index is 13.1. The van der Waals surface area contributed by atoms with Crippen LogP contribution in [0.25, 0.3) is 5.69 Å². The van der Waals surface area contributed by atoms with E-state index in [1.807, 2.05) is 59.5 Å². The molecule has 152 valence electrons. The smallest absolute Gasteiger partial charge is 0.251 e. The second kappa shape index (κ2) is 8.97. The van der Waals surface area contributed by atoms with Gasteiger partial charge >= 0.3 is 0 Å². The van der Waals surface area contributed by atoms with Crippen molar-refractivity contribution in [1.29, 1.82) is 0 Å². The number of imidazole rings is 1. The van der Waals surface area contributed by atoms with Crippen LogP contribution < -0.4 is 10.1 Å². The molecule has 2 heterocycles. The molecule has 0 aliphatic rings. The van der Waals surface area contributed by atoms with E-state index >= 15 is 0 Å². The van der Waals surface area contributed by atoms with Gasteiger partial charge in [-0.3, -0.25) is 4.79 Å². The number of thiophene rings is 1. The first-order valence-electron chi connectivity index (χ1n) is 9.71. The minimum absolute atomic E-state index is 0.0955. The summed E-state index contributed by atoms with van der Waals surface area (Å²) in [4.78, 5) is 18.5. The zero-order chi connectivity index (χ0) is 20.9. The van der Waals surface area contributed by atoms with Crippen molar-refractivity contribution in [2.24, 2.45) is 0 Å². The molecule has 0 bridgehead atoms. The average Bonchev–Trinajstić information content (AvgIpc) is 3.45. The number of hydrogen-bond acceptors (Lipinski definition) is 4. The van der Waals surface area contributed by atoms with Gasteiger partial charge in [0.25, 0.3) is 5.91 Å². The maximum atomic E-state index is 13.1. The second-order valence-electron chi connectivity index (χ2n) is 7.04. The summed E-state index contributed by atoms with van der Waals surface area (Å²) in [6.45, 7) is 1.93. The summed E-state index contributed by atoms with van der Waals surface area (Å²) in [7, 11) is 1.61. The molecular formula is C24H23N3O2S. The number of nitrogens with one attached hydrogen (secondary N) is 1. The van der Waals surface area contributed by atoms with Crippen molar-refractivity contribution in [2.45, 2.75) is 19.4 Å². The van der Waals surface area contributed by atoms with Gasteiger partial charge < -0.3 is 14.6 Å². The Labute approximate surface area is 180 Å². The number of methoxy groups -OCH3 is 1. The fourth-order valence-corrected chi connectivity index (χ4v) is 4.17. The minimum atomic E-state index is -0.129. The van der Waals surface area contributed by atoms with Gasteiger partial charge in [-0.2, -0.15) is 0 Å². The fraction of sp³-hybridized carbons (Fsp3) is 0.167. The zero-order valence-corrected chi connectivity index (χ0v) is 17.7. The number of carbonyl (C=O) groups excluding carboxylic acids is 1. The van der Waals surface area contributed by atoms with Crippen molar-refractivity contribution in [1.82, 2.24) is 14.9 Å². The zero-order valence-electron chi connectivity index (χ0n) is 16.9. The summed E-state index contributed by atoms with van der Waals surface area (Å²) in [6.07, 6.45) is 4.39. The normalized spacial score (nSPS) is 11.8. The van der Waals surface area contributed by atoms with Crippen LogP contribution >= 0.6 is 11.3 Å². The average molecular weight is 418 g/mol.